The number of hydrogen-bond acceptors (Lipinski definition) is 3. The van der Waals surface area contributed by atoms with Gasteiger partial charge in [0.05, 0.1) is 0 Å². The molecule has 1 fully saturated rings. The van der Waals surface area contributed by atoms with Gasteiger partial charge in [-0.05, 0) is 36.5 Å². The Bertz CT molecular complexity index is 833. The van der Waals surface area contributed by atoms with E-state index in [0.29, 0.717) is 18.0 Å². The highest BCUT2D eigenvalue weighted by molar-refractivity contribution is 6.31. The average Bonchev–Trinajstić information content (AvgIpc) is 3.28. The van der Waals surface area contributed by atoms with Gasteiger partial charge in [-0.3, -0.25) is 9.48 Å². The van der Waals surface area contributed by atoms with Crippen molar-refractivity contribution in [2.24, 2.45) is 13.0 Å². The lowest BCUT2D eigenvalue weighted by Crippen LogP contribution is -2.33. The lowest BCUT2D eigenvalue weighted by molar-refractivity contribution is 0.0688. The first-order valence-electron chi connectivity index (χ1n) is 7.85. The summed E-state index contributed by atoms with van der Waals surface area (Å²) in [6, 6.07) is 5.32. The van der Waals surface area contributed by atoms with E-state index in [9.17, 15) is 14.0 Å². The number of carbonyl (C=O) groups excluding carboxylic acids is 1. The molecule has 132 valence electrons. The smallest absolute Gasteiger partial charge is 0.356 e. The average molecular weight is 366 g/mol. The van der Waals surface area contributed by atoms with Crippen molar-refractivity contribution < 1.29 is 19.1 Å². The molecular formula is C17H17ClFN3O3. The molecule has 1 aliphatic rings. The number of rotatable bonds is 6. The van der Waals surface area contributed by atoms with Crippen LogP contribution in [0.2, 0.25) is 5.02 Å². The highest BCUT2D eigenvalue weighted by Crippen LogP contribution is 2.31. The second kappa shape index (κ2) is 6.84. The summed E-state index contributed by atoms with van der Waals surface area (Å²) >= 11 is 6.08. The highest BCUT2D eigenvalue weighted by atomic mass is 35.5. The summed E-state index contributed by atoms with van der Waals surface area (Å²) in [6.45, 7) is 0.766. The number of benzene rings is 1. The fraction of sp³-hybridized carbons (Fsp3) is 0.353. The van der Waals surface area contributed by atoms with Crippen LogP contribution in [-0.4, -0.2) is 38.2 Å². The summed E-state index contributed by atoms with van der Waals surface area (Å²) in [5.41, 5.74) is 0.644. The number of carbonyl (C=O) groups is 2. The number of carboxylic acids is 1. The molecule has 1 aromatic carbocycles. The third kappa shape index (κ3) is 3.99. The van der Waals surface area contributed by atoms with Crippen molar-refractivity contribution >= 4 is 23.5 Å². The number of hydrogen-bond donors (Lipinski definition) is 1. The molecule has 8 heteroatoms. The molecule has 2 aromatic rings. The monoisotopic (exact) mass is 365 g/mol. The summed E-state index contributed by atoms with van der Waals surface area (Å²) in [7, 11) is 1.53. The Morgan fingerprint density at radius 2 is 2.12 bits per heavy atom. The van der Waals surface area contributed by atoms with Crippen LogP contribution in [0, 0.1) is 11.7 Å². The Balaban J connectivity index is 1.87. The molecule has 0 unspecified atom stereocenters. The second-order valence-corrected chi connectivity index (χ2v) is 6.62. The van der Waals surface area contributed by atoms with Crippen LogP contribution in [0.4, 0.5) is 4.39 Å². The maximum absolute atomic E-state index is 13.2. The summed E-state index contributed by atoms with van der Waals surface area (Å²) in [6.07, 6.45) is 2.10. The van der Waals surface area contributed by atoms with E-state index in [-0.39, 0.29) is 28.9 Å². The fourth-order valence-corrected chi connectivity index (χ4v) is 2.85. The molecule has 0 spiro atoms. The van der Waals surface area contributed by atoms with Gasteiger partial charge in [0.15, 0.2) is 5.69 Å². The molecule has 0 bridgehead atoms. The predicted molar refractivity (Wildman–Crippen MR) is 89.0 cm³/mol. The lowest BCUT2D eigenvalue weighted by Gasteiger charge is -2.23. The molecule has 1 heterocycles. The van der Waals surface area contributed by atoms with E-state index < -0.39 is 11.8 Å². The highest BCUT2D eigenvalue weighted by Gasteiger charge is 2.29. The summed E-state index contributed by atoms with van der Waals surface area (Å²) in [5, 5.41) is 13.1. The lowest BCUT2D eigenvalue weighted by atomic mass is 10.2. The maximum Gasteiger partial charge on any atom is 0.356 e. The Labute approximate surface area is 148 Å². The standard InChI is InChI=1S/C17H17ClFN3O3/c1-21-15(7-14(20-21)17(24)25)16(23)22(8-10-2-3-10)9-11-4-5-12(19)6-13(11)18/h4-7,10H,2-3,8-9H2,1H3,(H,24,25). The Morgan fingerprint density at radius 1 is 1.40 bits per heavy atom. The largest absolute Gasteiger partial charge is 0.476 e. The van der Waals surface area contributed by atoms with Crippen LogP contribution in [0.1, 0.15) is 39.4 Å². The molecule has 0 atom stereocenters. The third-order valence-electron chi connectivity index (χ3n) is 4.16. The van der Waals surface area contributed by atoms with Crippen LogP contribution in [-0.2, 0) is 13.6 Å². The van der Waals surface area contributed by atoms with Gasteiger partial charge >= 0.3 is 5.97 Å². The van der Waals surface area contributed by atoms with Gasteiger partial charge in [-0.1, -0.05) is 17.7 Å². The number of aromatic nitrogens is 2. The van der Waals surface area contributed by atoms with Crippen molar-refractivity contribution in [2.45, 2.75) is 19.4 Å². The van der Waals surface area contributed by atoms with Gasteiger partial charge in [-0.25, -0.2) is 9.18 Å². The number of nitrogens with zero attached hydrogens (tertiary/aromatic N) is 3. The number of aryl methyl sites for hydroxylation is 1. The Morgan fingerprint density at radius 3 is 2.68 bits per heavy atom. The molecule has 1 amide bonds. The van der Waals surface area contributed by atoms with Crippen molar-refractivity contribution in [3.8, 4) is 0 Å². The molecular weight excluding hydrogens is 349 g/mol. The van der Waals surface area contributed by atoms with E-state index in [4.69, 9.17) is 16.7 Å². The molecule has 0 saturated heterocycles. The Hall–Kier alpha value is -2.41. The molecule has 6 nitrogen and oxygen atoms in total. The van der Waals surface area contributed by atoms with E-state index in [2.05, 4.69) is 5.10 Å². The quantitative estimate of drug-likeness (QED) is 0.854. The van der Waals surface area contributed by atoms with Crippen LogP contribution in [0.3, 0.4) is 0 Å². The van der Waals surface area contributed by atoms with Gasteiger partial charge in [0, 0.05) is 31.2 Å². The van der Waals surface area contributed by atoms with Gasteiger partial charge in [-0.2, -0.15) is 5.10 Å². The molecule has 1 aromatic heterocycles. The van der Waals surface area contributed by atoms with E-state index in [1.54, 1.807) is 11.0 Å². The first-order chi connectivity index (χ1) is 11.8. The van der Waals surface area contributed by atoms with Gasteiger partial charge in [0.2, 0.25) is 0 Å². The maximum atomic E-state index is 13.2. The molecule has 0 radical (unpaired) electrons. The van der Waals surface area contributed by atoms with Crippen LogP contribution < -0.4 is 0 Å². The van der Waals surface area contributed by atoms with E-state index in [1.165, 1.54) is 29.9 Å². The number of aromatic carboxylic acids is 1. The zero-order valence-corrected chi connectivity index (χ0v) is 14.3. The molecule has 1 N–H and O–H groups in total. The van der Waals surface area contributed by atoms with E-state index in [0.717, 1.165) is 12.8 Å². The van der Waals surface area contributed by atoms with E-state index >= 15 is 0 Å². The van der Waals surface area contributed by atoms with Crippen molar-refractivity contribution in [1.82, 2.24) is 14.7 Å². The molecule has 1 aliphatic carbocycles. The molecule has 3 rings (SSSR count). The first-order valence-corrected chi connectivity index (χ1v) is 8.23. The number of halogens is 2. The SMILES string of the molecule is Cn1nc(C(=O)O)cc1C(=O)N(Cc1ccc(F)cc1Cl)CC1CC1. The van der Waals surface area contributed by atoms with Crippen LogP contribution >= 0.6 is 11.6 Å². The zero-order valence-electron chi connectivity index (χ0n) is 13.6. The third-order valence-corrected chi connectivity index (χ3v) is 4.51. The normalized spacial score (nSPS) is 13.7. The minimum atomic E-state index is -1.19. The molecule has 1 saturated carbocycles. The molecule has 25 heavy (non-hydrogen) atoms. The topological polar surface area (TPSA) is 75.4 Å². The zero-order chi connectivity index (χ0) is 18.1. The van der Waals surface area contributed by atoms with Gasteiger partial charge in [0.1, 0.15) is 11.5 Å². The van der Waals surface area contributed by atoms with Gasteiger partial charge in [-0.15, -0.1) is 0 Å². The van der Waals surface area contributed by atoms with Crippen molar-refractivity contribution in [3.63, 3.8) is 0 Å². The summed E-state index contributed by atoms with van der Waals surface area (Å²) in [4.78, 5) is 25.6. The first kappa shape index (κ1) is 17.4. The van der Waals surface area contributed by atoms with Gasteiger partial charge < -0.3 is 10.0 Å². The summed E-state index contributed by atoms with van der Waals surface area (Å²) < 4.78 is 14.5. The van der Waals surface area contributed by atoms with Crippen molar-refractivity contribution in [1.29, 1.82) is 0 Å². The molecule has 0 aliphatic heterocycles. The van der Waals surface area contributed by atoms with Crippen molar-refractivity contribution in [2.75, 3.05) is 6.54 Å². The van der Waals surface area contributed by atoms with Gasteiger partial charge in [0.25, 0.3) is 5.91 Å². The van der Waals surface area contributed by atoms with Crippen LogP contribution in [0.25, 0.3) is 0 Å². The number of carboxylic acid groups (broad SMARTS) is 1. The van der Waals surface area contributed by atoms with Crippen LogP contribution in [0.5, 0.6) is 0 Å². The predicted octanol–water partition coefficient (Wildman–Crippen LogP) is 2.96. The van der Waals surface area contributed by atoms with E-state index in [1.807, 2.05) is 0 Å². The summed E-state index contributed by atoms with van der Waals surface area (Å²) in [5.74, 6) is -1.53. The minimum absolute atomic E-state index is 0.183. The number of amides is 1. The second-order valence-electron chi connectivity index (χ2n) is 6.21. The Kier molecular flexibility index (Phi) is 4.76. The minimum Gasteiger partial charge on any atom is -0.476 e. The fourth-order valence-electron chi connectivity index (χ4n) is 2.62. The van der Waals surface area contributed by atoms with Crippen LogP contribution in [0.15, 0.2) is 24.3 Å². The van der Waals surface area contributed by atoms with Crippen molar-refractivity contribution in [3.05, 3.63) is 52.1 Å².